The van der Waals surface area contributed by atoms with Gasteiger partial charge in [-0.1, -0.05) is 12.1 Å². The molecule has 3 rings (SSSR count). The number of ether oxygens (including phenoxy) is 1. The monoisotopic (exact) mass is 392 g/mol. The smallest absolute Gasteiger partial charge is 0.262 e. The van der Waals surface area contributed by atoms with E-state index in [0.717, 1.165) is 0 Å². The highest BCUT2D eigenvalue weighted by Crippen LogP contribution is 2.31. The average molecular weight is 392 g/mol. The van der Waals surface area contributed by atoms with Gasteiger partial charge in [-0.05, 0) is 37.3 Å². The van der Waals surface area contributed by atoms with Gasteiger partial charge in [-0.2, -0.15) is 0 Å². The lowest BCUT2D eigenvalue weighted by Gasteiger charge is -2.19. The van der Waals surface area contributed by atoms with Gasteiger partial charge in [0.25, 0.3) is 5.91 Å². The fraction of sp³-hybridized carbons (Fsp3) is 0.222. The van der Waals surface area contributed by atoms with E-state index in [2.05, 4.69) is 10.6 Å². The minimum Gasteiger partial charge on any atom is -0.482 e. The summed E-state index contributed by atoms with van der Waals surface area (Å²) in [4.78, 5) is 23.5. The Balaban J connectivity index is 1.74. The molecular weight excluding hydrogens is 375 g/mol. The lowest BCUT2D eigenvalue weighted by atomic mass is 10.2. The van der Waals surface area contributed by atoms with Crippen molar-refractivity contribution in [2.24, 2.45) is 0 Å². The molecule has 7 nitrogen and oxygen atoms in total. The van der Waals surface area contributed by atoms with E-state index in [1.165, 1.54) is 43.3 Å². The third kappa shape index (κ3) is 4.08. The molecule has 0 aliphatic carbocycles. The number of rotatable bonds is 5. The SMILES string of the molecule is C[C@H](CC(=O)Nc1ccccc1F)S(=O)(=O)c1ccc2c(c1)NC(=O)CO2. The molecule has 0 saturated heterocycles. The van der Waals surface area contributed by atoms with Gasteiger partial charge in [0.05, 0.1) is 21.5 Å². The van der Waals surface area contributed by atoms with Crippen LogP contribution in [0.1, 0.15) is 13.3 Å². The van der Waals surface area contributed by atoms with Crippen LogP contribution in [0.3, 0.4) is 0 Å². The van der Waals surface area contributed by atoms with Crippen molar-refractivity contribution < 1.29 is 27.1 Å². The van der Waals surface area contributed by atoms with Crippen LogP contribution < -0.4 is 15.4 Å². The van der Waals surface area contributed by atoms with E-state index in [9.17, 15) is 22.4 Å². The summed E-state index contributed by atoms with van der Waals surface area (Å²) in [7, 11) is -3.85. The van der Waals surface area contributed by atoms with Crippen molar-refractivity contribution in [3.63, 3.8) is 0 Å². The van der Waals surface area contributed by atoms with E-state index >= 15 is 0 Å². The molecule has 1 aliphatic rings. The Morgan fingerprint density at radius 1 is 1.30 bits per heavy atom. The van der Waals surface area contributed by atoms with Gasteiger partial charge >= 0.3 is 0 Å². The van der Waals surface area contributed by atoms with Gasteiger partial charge in [-0.15, -0.1) is 0 Å². The second kappa shape index (κ2) is 7.36. The van der Waals surface area contributed by atoms with Crippen LogP contribution in [0.2, 0.25) is 0 Å². The molecule has 0 radical (unpaired) electrons. The van der Waals surface area contributed by atoms with Crippen molar-refractivity contribution in [1.29, 1.82) is 0 Å². The van der Waals surface area contributed by atoms with Crippen molar-refractivity contribution in [3.8, 4) is 5.75 Å². The Bertz CT molecular complexity index is 1010. The summed E-state index contributed by atoms with van der Waals surface area (Å²) < 4.78 is 44.3. The van der Waals surface area contributed by atoms with Gasteiger partial charge in [0.15, 0.2) is 16.4 Å². The number of fused-ring (bicyclic) bond motifs is 1. The Kier molecular flexibility index (Phi) is 5.13. The molecule has 2 N–H and O–H groups in total. The van der Waals surface area contributed by atoms with E-state index < -0.39 is 26.8 Å². The van der Waals surface area contributed by atoms with E-state index in [-0.39, 0.29) is 35.2 Å². The zero-order valence-electron chi connectivity index (χ0n) is 14.4. The first-order valence-corrected chi connectivity index (χ1v) is 9.67. The van der Waals surface area contributed by atoms with Gasteiger partial charge in [0.2, 0.25) is 5.91 Å². The third-order valence-corrected chi connectivity index (χ3v) is 6.20. The summed E-state index contributed by atoms with van der Waals surface area (Å²) in [6.45, 7) is 1.26. The molecule has 142 valence electrons. The molecule has 27 heavy (non-hydrogen) atoms. The number of nitrogens with one attached hydrogen (secondary N) is 2. The molecule has 2 aromatic rings. The highest BCUT2D eigenvalue weighted by Gasteiger charge is 2.28. The van der Waals surface area contributed by atoms with E-state index in [0.29, 0.717) is 5.75 Å². The largest absolute Gasteiger partial charge is 0.482 e. The summed E-state index contributed by atoms with van der Waals surface area (Å²) in [5.41, 5.74) is 0.246. The number of anilines is 2. The first kappa shape index (κ1) is 18.8. The van der Waals surface area contributed by atoms with Gasteiger partial charge < -0.3 is 15.4 Å². The lowest BCUT2D eigenvalue weighted by Crippen LogP contribution is -2.27. The Hall–Kier alpha value is -2.94. The van der Waals surface area contributed by atoms with Gasteiger partial charge in [-0.3, -0.25) is 9.59 Å². The molecule has 0 fully saturated rings. The molecule has 0 spiro atoms. The van der Waals surface area contributed by atoms with Gasteiger partial charge in [0, 0.05) is 6.42 Å². The van der Waals surface area contributed by atoms with Gasteiger partial charge in [0.1, 0.15) is 11.6 Å². The summed E-state index contributed by atoms with van der Waals surface area (Å²) in [6, 6.07) is 9.73. The first-order chi connectivity index (χ1) is 12.8. The summed E-state index contributed by atoms with van der Waals surface area (Å²) >= 11 is 0. The van der Waals surface area contributed by atoms with Crippen LogP contribution in [0.15, 0.2) is 47.4 Å². The predicted molar refractivity (Wildman–Crippen MR) is 96.9 cm³/mol. The number of benzene rings is 2. The molecule has 1 heterocycles. The summed E-state index contributed by atoms with van der Waals surface area (Å²) in [6.07, 6.45) is -0.351. The second-order valence-electron chi connectivity index (χ2n) is 6.08. The van der Waals surface area contributed by atoms with Crippen LogP contribution in [-0.4, -0.2) is 32.1 Å². The maximum Gasteiger partial charge on any atom is 0.262 e. The van der Waals surface area contributed by atoms with Crippen molar-refractivity contribution in [2.75, 3.05) is 17.2 Å². The van der Waals surface area contributed by atoms with E-state index in [4.69, 9.17) is 4.74 Å². The van der Waals surface area contributed by atoms with Crippen LogP contribution in [0.4, 0.5) is 15.8 Å². The first-order valence-electron chi connectivity index (χ1n) is 8.12. The van der Waals surface area contributed by atoms with Crippen LogP contribution in [0.5, 0.6) is 5.75 Å². The van der Waals surface area contributed by atoms with E-state index in [1.54, 1.807) is 6.07 Å². The Morgan fingerprint density at radius 3 is 2.78 bits per heavy atom. The van der Waals surface area contributed by atoms with Crippen molar-refractivity contribution in [2.45, 2.75) is 23.5 Å². The zero-order valence-corrected chi connectivity index (χ0v) is 15.2. The number of carbonyl (C=O) groups excluding carboxylic acids is 2. The van der Waals surface area contributed by atoms with Crippen LogP contribution >= 0.6 is 0 Å². The quantitative estimate of drug-likeness (QED) is 0.813. The maximum atomic E-state index is 13.6. The molecule has 2 amide bonds. The van der Waals surface area contributed by atoms with Crippen LogP contribution in [0.25, 0.3) is 0 Å². The number of carbonyl (C=O) groups is 2. The Morgan fingerprint density at radius 2 is 2.04 bits per heavy atom. The van der Waals surface area contributed by atoms with Crippen molar-refractivity contribution in [1.82, 2.24) is 0 Å². The highest BCUT2D eigenvalue weighted by atomic mass is 32.2. The maximum absolute atomic E-state index is 13.6. The molecule has 0 unspecified atom stereocenters. The minimum absolute atomic E-state index is 0.0132. The fourth-order valence-corrected chi connectivity index (χ4v) is 3.98. The number of sulfone groups is 1. The molecular formula is C18H17FN2O5S. The normalized spacial score (nSPS) is 14.5. The van der Waals surface area contributed by atoms with Crippen LogP contribution in [0, 0.1) is 5.82 Å². The number of para-hydroxylation sites is 1. The molecule has 2 aromatic carbocycles. The molecule has 0 aromatic heterocycles. The summed E-state index contributed by atoms with van der Waals surface area (Å²) in [5, 5.41) is 3.85. The molecule has 1 aliphatic heterocycles. The zero-order chi connectivity index (χ0) is 19.6. The minimum atomic E-state index is -3.85. The molecule has 1 atom stereocenters. The lowest BCUT2D eigenvalue weighted by molar-refractivity contribution is -0.118. The topological polar surface area (TPSA) is 102 Å². The average Bonchev–Trinajstić information content (AvgIpc) is 2.62. The molecule has 0 saturated carbocycles. The van der Waals surface area contributed by atoms with Crippen molar-refractivity contribution in [3.05, 3.63) is 48.3 Å². The molecule has 0 bridgehead atoms. The fourth-order valence-electron chi connectivity index (χ4n) is 2.61. The standard InChI is InChI=1S/C18H17FN2O5S/c1-11(8-17(22)20-14-5-3-2-4-13(14)19)27(24,25)12-6-7-16-15(9-12)21-18(23)10-26-16/h2-7,9,11H,8,10H2,1H3,(H,20,22)(H,21,23)/t11-/m1/s1. The molecule has 9 heteroatoms. The predicted octanol–water partition coefficient (Wildman–Crippen LogP) is 2.35. The van der Waals surface area contributed by atoms with Crippen LogP contribution in [-0.2, 0) is 19.4 Å². The highest BCUT2D eigenvalue weighted by molar-refractivity contribution is 7.92. The van der Waals surface area contributed by atoms with Crippen molar-refractivity contribution >= 4 is 33.0 Å². The number of hydrogen-bond donors (Lipinski definition) is 2. The third-order valence-electron chi connectivity index (χ3n) is 4.06. The summed E-state index contributed by atoms with van der Waals surface area (Å²) in [5.74, 6) is -1.23. The number of hydrogen-bond acceptors (Lipinski definition) is 5. The van der Waals surface area contributed by atoms with E-state index in [1.807, 2.05) is 0 Å². The second-order valence-corrected chi connectivity index (χ2v) is 8.45. The Labute approximate surface area is 155 Å². The number of amides is 2. The van der Waals surface area contributed by atoms with Gasteiger partial charge in [-0.25, -0.2) is 12.8 Å². The number of halogens is 1.